The Morgan fingerprint density at radius 2 is 1.70 bits per heavy atom. The van der Waals surface area contributed by atoms with Crippen LogP contribution in [0.4, 0.5) is 0 Å². The number of hydrogen-bond acceptors (Lipinski definition) is 9. The van der Waals surface area contributed by atoms with Gasteiger partial charge in [-0.15, -0.1) is 10.2 Å². The molecule has 3 aromatic carbocycles. The van der Waals surface area contributed by atoms with E-state index in [0.717, 1.165) is 11.1 Å². The maximum absolute atomic E-state index is 14.3. The van der Waals surface area contributed by atoms with Gasteiger partial charge in [0.15, 0.2) is 11.6 Å². The van der Waals surface area contributed by atoms with E-state index in [1.165, 1.54) is 0 Å². The second kappa shape index (κ2) is 11.5. The zero-order chi connectivity index (χ0) is 27.0. The number of tetrazole rings is 1. The van der Waals surface area contributed by atoms with Crippen LogP contribution in [-0.2, 0) is 0 Å². The summed E-state index contributed by atoms with van der Waals surface area (Å²) >= 11 is 0. The first-order valence-corrected chi connectivity index (χ1v) is 12.7. The minimum absolute atomic E-state index is 0. The number of aromatic nitrogens is 4. The molecule has 10 nitrogen and oxygen atoms in total. The fourth-order valence-corrected chi connectivity index (χ4v) is 5.62. The predicted octanol–water partition coefficient (Wildman–Crippen LogP) is 0.864. The fraction of sp³-hybridized carbons (Fsp3) is 0.276. The summed E-state index contributed by atoms with van der Waals surface area (Å²) in [5.41, 5.74) is 1.89. The molecule has 200 valence electrons. The number of aromatic amines is 1. The van der Waals surface area contributed by atoms with Gasteiger partial charge in [-0.1, -0.05) is 30.3 Å². The number of H-pyrrole nitrogens is 1. The second-order valence-corrected chi connectivity index (χ2v) is 9.65. The topological polar surface area (TPSA) is 128 Å². The number of fused-ring (bicyclic) bond motifs is 1. The van der Waals surface area contributed by atoms with Gasteiger partial charge in [0, 0.05) is 24.0 Å². The molecular formula is C29H28N5NaO5. The molecular weight excluding hydrogens is 521 g/mol. The van der Waals surface area contributed by atoms with Gasteiger partial charge in [0.1, 0.15) is 28.8 Å². The van der Waals surface area contributed by atoms with Crippen LogP contribution in [0.5, 0.6) is 17.2 Å². The zero-order valence-electron chi connectivity index (χ0n) is 23.6. The molecule has 4 aromatic rings. The molecule has 11 heteroatoms. The van der Waals surface area contributed by atoms with Crippen molar-refractivity contribution >= 4 is 11.6 Å². The molecule has 3 heterocycles. The molecule has 2 aliphatic heterocycles. The number of nitrogens with one attached hydrogen (secondary N) is 2. The maximum Gasteiger partial charge on any atom is 1.00 e. The minimum atomic E-state index is -1.05. The van der Waals surface area contributed by atoms with Gasteiger partial charge in [0.25, 0.3) is 0 Å². The number of methoxy groups -OCH3 is 2. The third-order valence-electron chi connectivity index (χ3n) is 7.51. The van der Waals surface area contributed by atoms with Crippen LogP contribution >= 0.6 is 0 Å². The molecule has 0 aliphatic carbocycles. The molecule has 0 bridgehead atoms. The Morgan fingerprint density at radius 1 is 1.00 bits per heavy atom. The summed E-state index contributed by atoms with van der Waals surface area (Å²) in [4.78, 5) is 28.5. The van der Waals surface area contributed by atoms with Gasteiger partial charge >= 0.3 is 29.6 Å². The quantitative estimate of drug-likeness (QED) is 0.205. The van der Waals surface area contributed by atoms with Crippen molar-refractivity contribution in [2.24, 2.45) is 5.92 Å². The first-order chi connectivity index (χ1) is 19.0. The first-order valence-electron chi connectivity index (χ1n) is 12.7. The summed E-state index contributed by atoms with van der Waals surface area (Å²) in [5, 5.41) is 17.4. The summed E-state index contributed by atoms with van der Waals surface area (Å²) in [6.07, 6.45) is 1.02. The molecule has 1 saturated heterocycles. The molecule has 1 spiro atoms. The molecule has 0 saturated carbocycles. The number of rotatable bonds is 6. The van der Waals surface area contributed by atoms with E-state index in [9.17, 15) is 9.59 Å². The van der Waals surface area contributed by atoms with Crippen LogP contribution < -0.4 is 49.1 Å². The van der Waals surface area contributed by atoms with Crippen molar-refractivity contribution in [3.8, 4) is 39.8 Å². The second-order valence-electron chi connectivity index (χ2n) is 9.65. The number of ether oxygens (including phenoxy) is 3. The first kappa shape index (κ1) is 28.0. The van der Waals surface area contributed by atoms with E-state index >= 15 is 0 Å². The van der Waals surface area contributed by atoms with E-state index in [-0.39, 0.29) is 42.6 Å². The van der Waals surface area contributed by atoms with Crippen LogP contribution in [0.2, 0.25) is 0 Å². The number of Topliss-reactive ketones (excluding diaryl/α,β-unsaturated/α-hetero) is 2. The number of nitrogens with zero attached hydrogens (tertiary/aromatic N) is 3. The van der Waals surface area contributed by atoms with Crippen molar-refractivity contribution in [1.82, 2.24) is 25.9 Å². The van der Waals surface area contributed by atoms with Crippen LogP contribution in [0.15, 0.2) is 60.7 Å². The van der Waals surface area contributed by atoms with Crippen molar-refractivity contribution in [2.45, 2.75) is 18.4 Å². The molecule has 1 aromatic heterocycles. The maximum atomic E-state index is 14.3. The molecule has 40 heavy (non-hydrogen) atoms. The Kier molecular flexibility index (Phi) is 8.04. The summed E-state index contributed by atoms with van der Waals surface area (Å²) in [6.45, 7) is 1.26. The van der Waals surface area contributed by atoms with Crippen LogP contribution in [0.1, 0.15) is 35.0 Å². The molecule has 1 unspecified atom stereocenters. The molecule has 1 atom stereocenters. The van der Waals surface area contributed by atoms with Crippen molar-refractivity contribution in [1.29, 1.82) is 0 Å². The Labute approximate surface area is 254 Å². The van der Waals surface area contributed by atoms with E-state index in [1.54, 1.807) is 44.6 Å². The Hall–Kier alpha value is -3.57. The Morgan fingerprint density at radius 3 is 2.33 bits per heavy atom. The van der Waals surface area contributed by atoms with E-state index in [2.05, 4.69) is 25.9 Å². The average Bonchev–Trinajstić information content (AvgIpc) is 3.52. The number of carbonyl (C=O) groups is 2. The van der Waals surface area contributed by atoms with Gasteiger partial charge in [-0.05, 0) is 54.2 Å². The average molecular weight is 550 g/mol. The van der Waals surface area contributed by atoms with Gasteiger partial charge in [0.2, 0.25) is 5.82 Å². The van der Waals surface area contributed by atoms with Gasteiger partial charge in [-0.3, -0.25) is 9.59 Å². The number of ketones is 2. The van der Waals surface area contributed by atoms with E-state index in [4.69, 9.17) is 14.2 Å². The van der Waals surface area contributed by atoms with Crippen LogP contribution in [0, 0.1) is 5.92 Å². The summed E-state index contributed by atoms with van der Waals surface area (Å²) in [6, 6.07) is 18.2. The predicted molar refractivity (Wildman–Crippen MR) is 143 cm³/mol. The van der Waals surface area contributed by atoms with Crippen molar-refractivity contribution in [3.63, 3.8) is 0 Å². The Bertz CT molecular complexity index is 1520. The van der Waals surface area contributed by atoms with Crippen LogP contribution in [-0.4, -0.2) is 65.1 Å². The van der Waals surface area contributed by atoms with Crippen molar-refractivity contribution in [2.75, 3.05) is 27.3 Å². The number of piperidine rings is 1. The van der Waals surface area contributed by atoms with Crippen LogP contribution in [0.3, 0.4) is 0 Å². The van der Waals surface area contributed by atoms with E-state index < -0.39 is 11.5 Å². The zero-order valence-corrected chi connectivity index (χ0v) is 24.6. The third-order valence-corrected chi connectivity index (χ3v) is 7.51. The summed E-state index contributed by atoms with van der Waals surface area (Å²) in [7, 11) is 3.10. The number of hydrogen-bond donors (Lipinski definition) is 2. The molecule has 6 rings (SSSR count). The molecule has 2 aliphatic rings. The molecule has 0 amide bonds. The Balaban J connectivity index is 0.00000194. The van der Waals surface area contributed by atoms with Crippen LogP contribution in [0.25, 0.3) is 22.5 Å². The van der Waals surface area contributed by atoms with Crippen molar-refractivity contribution in [3.05, 3.63) is 71.8 Å². The molecule has 2 N–H and O–H groups in total. The number of carbonyl (C=O) groups excluding carboxylic acids is 2. The number of benzene rings is 3. The molecule has 1 fully saturated rings. The van der Waals surface area contributed by atoms with E-state index in [0.29, 0.717) is 65.7 Å². The van der Waals surface area contributed by atoms with Gasteiger partial charge in [-0.25, -0.2) is 0 Å². The fourth-order valence-electron chi connectivity index (χ4n) is 5.62. The summed E-state index contributed by atoms with van der Waals surface area (Å²) in [5.74, 6) is 0.0748. The largest absolute Gasteiger partial charge is 1.00 e. The monoisotopic (exact) mass is 549 g/mol. The normalized spacial score (nSPS) is 17.4. The molecule has 0 radical (unpaired) electrons. The third kappa shape index (κ3) is 4.81. The van der Waals surface area contributed by atoms with Crippen molar-refractivity contribution < 1.29 is 54.8 Å². The summed E-state index contributed by atoms with van der Waals surface area (Å²) < 4.78 is 18.0. The minimum Gasteiger partial charge on any atom is -1.00 e. The van der Waals surface area contributed by atoms with Gasteiger partial charge < -0.3 is 21.0 Å². The van der Waals surface area contributed by atoms with Gasteiger partial charge in [-0.2, -0.15) is 5.21 Å². The standard InChI is InChI=1S/C29H27N5O5.Na.H/c1-37-22-15-19(16-23(38-2)24(22)17-6-4-3-5-7-17)26(35)25-27(36)20-14-18(28-31-33-34-32-28)8-9-21(20)39-29(25)10-12-30-13-11-29;;/h3-9,14-16,25,30H,10-13H2,1-2H3,(H,31,32,33,34);;/q;+1;-1. The SMILES string of the molecule is COc1cc(C(=O)C2C(=O)c3cc(-c4nn[nH]n4)ccc3OC23CCNCC3)cc(OC)c1-c1ccccc1.[H-].[Na+]. The van der Waals surface area contributed by atoms with Gasteiger partial charge in [0.05, 0.1) is 25.3 Å². The smallest absolute Gasteiger partial charge is 1.00 e. The van der Waals surface area contributed by atoms with E-state index in [1.807, 2.05) is 30.3 Å².